The summed E-state index contributed by atoms with van der Waals surface area (Å²) >= 11 is 3.64. The fraction of sp³-hybridized carbons (Fsp3) is 0.263. The molecule has 352 valence electrons. The zero-order valence-electron chi connectivity index (χ0n) is 41.4. The van der Waals surface area contributed by atoms with Crippen molar-refractivity contribution in [1.82, 2.24) is 29.5 Å². The molecule has 0 spiro atoms. The van der Waals surface area contributed by atoms with Gasteiger partial charge in [-0.3, -0.25) is 13.5 Å². The maximum atomic E-state index is 9.96. The SMILES string of the molecule is Cc1ccc(Br)cc1-c1nnc(-c2ccccc2)n1-c1c(C(C)C)cccc1C(C)C.[2H]CF.[C-]#N.[C-]#[N+]c1ccc(C)c(-c2nnc(-c3ccccc3)n2-c2c(C(C)C)cccc2C(C)C)c1.[Cu+]. The third-order valence-corrected chi connectivity index (χ3v) is 12.0. The predicted octanol–water partition coefficient (Wildman–Crippen LogP) is 16.3. The van der Waals surface area contributed by atoms with Gasteiger partial charge in [-0.1, -0.05) is 187 Å². The van der Waals surface area contributed by atoms with Crippen LogP contribution in [0.25, 0.3) is 61.8 Å². The summed E-state index contributed by atoms with van der Waals surface area (Å²) in [7, 11) is -1.00. The number of alkyl halides is 1. The van der Waals surface area contributed by atoms with E-state index in [0.29, 0.717) is 29.4 Å². The first-order valence-corrected chi connectivity index (χ1v) is 23.1. The van der Waals surface area contributed by atoms with E-state index in [2.05, 4.69) is 200 Å². The maximum absolute atomic E-state index is 9.96. The van der Waals surface area contributed by atoms with Crippen LogP contribution < -0.4 is 0 Å². The number of hydrogen-bond donors (Lipinski definition) is 0. The van der Waals surface area contributed by atoms with Crippen molar-refractivity contribution in [2.45, 2.75) is 92.9 Å². The molecule has 6 aromatic carbocycles. The van der Waals surface area contributed by atoms with Gasteiger partial charge in [-0.15, -0.1) is 20.4 Å². The zero-order chi connectivity index (χ0) is 49.7. The number of aromatic nitrogens is 6. The standard InChI is InChI=1S/C28H28N4.C27H28BrN3.CH3F.CN.Cu/c1-18(2)23-13-10-14-24(19(3)4)26(23)32-27(21-11-8-7-9-12-21)30-31-28(32)25-17-22(29-6)16-15-20(25)5;1-17(2)22-12-9-13-23(18(3)4)25(22)31-26(20-10-7-6-8-11-20)29-30-27(31)24-16-21(28)15-14-19(24)5;2*1-2;/h7-19H,1-5H3;6-18H,1-5H3;1H3;;/q;;;-1;+1/i;;1D;;. The molecule has 2 aromatic heterocycles. The normalized spacial score (nSPS) is 10.8. The summed E-state index contributed by atoms with van der Waals surface area (Å²) in [5.74, 6) is 4.71. The summed E-state index contributed by atoms with van der Waals surface area (Å²) in [5.41, 5.74) is 14.4. The Labute approximate surface area is 423 Å². The van der Waals surface area contributed by atoms with Crippen LogP contribution in [0.5, 0.6) is 0 Å². The number of benzene rings is 6. The first-order chi connectivity index (χ1) is 32.7. The monoisotopic (exact) mass is 1020 g/mol. The summed E-state index contributed by atoms with van der Waals surface area (Å²) in [6, 6.07) is 45.8. The molecule has 0 fully saturated rings. The van der Waals surface area contributed by atoms with E-state index in [9.17, 15) is 4.39 Å². The molecule has 0 aliphatic rings. The minimum absolute atomic E-state index is 0. The predicted molar refractivity (Wildman–Crippen MR) is 276 cm³/mol. The second kappa shape index (κ2) is 25.0. The van der Waals surface area contributed by atoms with Crippen LogP contribution in [0.2, 0.25) is 0 Å². The fourth-order valence-corrected chi connectivity index (χ4v) is 8.55. The fourth-order valence-electron chi connectivity index (χ4n) is 8.18. The Morgan fingerprint density at radius 2 is 0.868 bits per heavy atom. The molecule has 0 bridgehead atoms. The molecule has 0 aliphatic heterocycles. The Balaban J connectivity index is 0.000000272. The van der Waals surface area contributed by atoms with Crippen molar-refractivity contribution >= 4 is 21.6 Å². The van der Waals surface area contributed by atoms with Crippen LogP contribution in [-0.2, 0) is 17.1 Å². The number of nitrogens with zero attached hydrogens (tertiary/aromatic N) is 8. The van der Waals surface area contributed by atoms with Gasteiger partial charge in [0.2, 0.25) is 0 Å². The number of para-hydroxylation sites is 2. The van der Waals surface area contributed by atoms with Crippen LogP contribution >= 0.6 is 15.9 Å². The number of hydrogen-bond acceptors (Lipinski definition) is 5. The molecule has 2 heterocycles. The molecule has 0 radical (unpaired) electrons. The summed E-state index contributed by atoms with van der Waals surface area (Å²) in [5, 5.41) is 25.1. The molecule has 68 heavy (non-hydrogen) atoms. The van der Waals surface area contributed by atoms with E-state index in [0.717, 1.165) is 61.3 Å². The molecule has 0 amide bonds. The quantitative estimate of drug-likeness (QED) is 0.101. The molecule has 0 atom stereocenters. The minimum Gasteiger partial charge on any atom is -0.512 e. The van der Waals surface area contributed by atoms with Gasteiger partial charge in [0.1, 0.15) is 0 Å². The molecule has 0 saturated heterocycles. The maximum Gasteiger partial charge on any atom is 1.00 e. The van der Waals surface area contributed by atoms with Crippen molar-refractivity contribution in [3.8, 4) is 56.9 Å². The molecule has 11 heteroatoms. The van der Waals surface area contributed by atoms with E-state index in [1.165, 1.54) is 33.5 Å². The third kappa shape index (κ3) is 11.8. The Morgan fingerprint density at radius 1 is 0.529 bits per heavy atom. The van der Waals surface area contributed by atoms with Crippen LogP contribution in [0.15, 0.2) is 138 Å². The summed E-state index contributed by atoms with van der Waals surface area (Å²) in [6.45, 7) is 34.3. The average Bonchev–Trinajstić information content (AvgIpc) is 3.99. The Hall–Kier alpha value is -6.49. The van der Waals surface area contributed by atoms with Gasteiger partial charge in [0.15, 0.2) is 29.0 Å². The van der Waals surface area contributed by atoms with E-state index in [4.69, 9.17) is 30.0 Å². The van der Waals surface area contributed by atoms with Gasteiger partial charge in [-0.25, -0.2) is 4.85 Å². The third-order valence-electron chi connectivity index (χ3n) is 11.6. The van der Waals surface area contributed by atoms with E-state index in [-0.39, 0.29) is 17.1 Å². The van der Waals surface area contributed by atoms with Gasteiger partial charge >= 0.3 is 17.1 Å². The van der Waals surface area contributed by atoms with Crippen LogP contribution in [0, 0.1) is 32.3 Å². The zero-order valence-corrected chi connectivity index (χ0v) is 42.9. The van der Waals surface area contributed by atoms with Crippen molar-refractivity contribution in [3.63, 3.8) is 0 Å². The first-order valence-electron chi connectivity index (χ1n) is 23.0. The van der Waals surface area contributed by atoms with Gasteiger partial charge in [-0.05, 0) is 89.1 Å². The van der Waals surface area contributed by atoms with E-state index in [1.807, 2.05) is 42.5 Å². The van der Waals surface area contributed by atoms with Crippen molar-refractivity contribution in [1.29, 1.82) is 5.26 Å². The van der Waals surface area contributed by atoms with Gasteiger partial charge in [0, 0.05) is 26.7 Å². The second-order valence-electron chi connectivity index (χ2n) is 17.4. The van der Waals surface area contributed by atoms with Crippen LogP contribution in [0.1, 0.15) is 114 Å². The van der Waals surface area contributed by atoms with Crippen molar-refractivity contribution in [3.05, 3.63) is 189 Å². The van der Waals surface area contributed by atoms with Crippen molar-refractivity contribution < 1.29 is 22.8 Å². The van der Waals surface area contributed by atoms with Gasteiger partial charge < -0.3 is 11.8 Å². The van der Waals surface area contributed by atoms with Gasteiger partial charge in [-0.2, -0.15) is 0 Å². The van der Waals surface area contributed by atoms with E-state index >= 15 is 0 Å². The number of aryl methyl sites for hydroxylation is 2. The number of halogens is 2. The Bertz CT molecular complexity index is 2940. The molecular formula is C57H59BrCuFN8. The molecule has 8 rings (SSSR count). The topological polar surface area (TPSA) is 89.6 Å². The molecule has 0 unspecified atom stereocenters. The van der Waals surface area contributed by atoms with Crippen LogP contribution in [-0.4, -0.2) is 36.7 Å². The molecule has 0 saturated carbocycles. The second-order valence-corrected chi connectivity index (χ2v) is 18.3. The van der Waals surface area contributed by atoms with Crippen molar-refractivity contribution in [2.75, 3.05) is 7.15 Å². The summed E-state index contributed by atoms with van der Waals surface area (Å²) < 4.78 is 21.0. The van der Waals surface area contributed by atoms with E-state index in [1.54, 1.807) is 0 Å². The molecule has 0 N–H and O–H groups in total. The largest absolute Gasteiger partial charge is 1.00 e. The minimum atomic E-state index is -1.00. The Kier molecular flexibility index (Phi) is 19.3. The van der Waals surface area contributed by atoms with Gasteiger partial charge in [0.25, 0.3) is 0 Å². The van der Waals surface area contributed by atoms with Gasteiger partial charge in [0.05, 0.1) is 26.5 Å². The average molecular weight is 1020 g/mol. The Morgan fingerprint density at radius 3 is 1.22 bits per heavy atom. The molecule has 0 aliphatic carbocycles. The molecule has 8 nitrogen and oxygen atoms in total. The molecular weight excluding hydrogens is 959 g/mol. The van der Waals surface area contributed by atoms with Crippen LogP contribution in [0.4, 0.5) is 10.1 Å². The van der Waals surface area contributed by atoms with Crippen molar-refractivity contribution in [2.24, 2.45) is 0 Å². The summed E-state index contributed by atoms with van der Waals surface area (Å²) in [6.07, 6.45) is 0. The number of rotatable bonds is 10. The first kappa shape index (κ1) is 52.5. The van der Waals surface area contributed by atoms with Crippen LogP contribution in [0.3, 0.4) is 0 Å². The summed E-state index contributed by atoms with van der Waals surface area (Å²) in [4.78, 5) is 3.65. The molecule has 8 aromatic rings. The van der Waals surface area contributed by atoms with E-state index < -0.39 is 7.15 Å². The smallest absolute Gasteiger partial charge is 0.512 e.